The van der Waals surface area contributed by atoms with Crippen LogP contribution < -0.4 is 0 Å². The quantitative estimate of drug-likeness (QED) is 0.135. The first-order chi connectivity index (χ1) is 36.0. The summed E-state index contributed by atoms with van der Waals surface area (Å²) in [5, 5.41) is 56.3. The van der Waals surface area contributed by atoms with Crippen molar-refractivity contribution < 1.29 is 71.2 Å². The number of aliphatic hydroxyl groups excluding tert-OH is 2. The highest BCUT2D eigenvalue weighted by Crippen LogP contribution is 2.41. The molecule has 3 aliphatic rings. The van der Waals surface area contributed by atoms with E-state index in [-0.39, 0.29) is 42.2 Å². The normalized spacial score (nSPS) is 37.5. The largest absolute Gasteiger partial charge is 0.459 e. The van der Waals surface area contributed by atoms with E-state index in [9.17, 15) is 38.0 Å². The van der Waals surface area contributed by atoms with Crippen LogP contribution in [-0.2, 0) is 54.4 Å². The van der Waals surface area contributed by atoms with E-state index < -0.39 is 119 Å². The average molecular weight is 1120 g/mol. The van der Waals surface area contributed by atoms with Crippen LogP contribution in [0, 0.1) is 17.8 Å². The molecular weight excluding hydrogens is 1020 g/mol. The summed E-state index contributed by atoms with van der Waals surface area (Å²) < 4.78 is 88.5. The van der Waals surface area contributed by atoms with Gasteiger partial charge in [-0.3, -0.25) is 4.79 Å². The van der Waals surface area contributed by atoms with Gasteiger partial charge in [-0.2, -0.15) is 4.31 Å². The van der Waals surface area contributed by atoms with E-state index >= 15 is 0 Å². The zero-order valence-corrected chi connectivity index (χ0v) is 49.6. The van der Waals surface area contributed by atoms with E-state index in [1.807, 2.05) is 39.8 Å². The Morgan fingerprint density at radius 3 is 2.16 bits per heavy atom. The fourth-order valence-corrected chi connectivity index (χ4v) is 13.5. The number of aromatic nitrogens is 3. The molecule has 0 spiro atoms. The second-order valence-corrected chi connectivity index (χ2v) is 25.0. The molecule has 0 amide bonds. The second-order valence-electron chi connectivity index (χ2n) is 23.1. The van der Waals surface area contributed by atoms with E-state index in [2.05, 4.69) is 15.2 Å². The van der Waals surface area contributed by atoms with Crippen LogP contribution in [0.25, 0.3) is 0 Å². The number of hydrogen-bond donors (Lipinski definition) is 4. The number of benzene rings is 1. The molecule has 442 valence electrons. The van der Waals surface area contributed by atoms with E-state index in [1.54, 1.807) is 73.7 Å². The van der Waals surface area contributed by atoms with Gasteiger partial charge < -0.3 is 63.4 Å². The van der Waals surface area contributed by atoms with Crippen molar-refractivity contribution in [2.45, 2.75) is 223 Å². The highest BCUT2D eigenvalue weighted by Gasteiger charge is 2.52. The van der Waals surface area contributed by atoms with Crippen LogP contribution in [0.15, 0.2) is 35.4 Å². The maximum absolute atomic E-state index is 14.9. The SMILES string of the molecule is CC[C@H]1OC(=O)[C@H](C)[C@@H](O[C@H]2C[C@@](C)(OC)[C@@H](O)[C@H](C)O2)[C@H](C)[C@@H](O[C@H]2C[C@@H](N(C)CCc3cn([C@H](CF)[C@H](OC)c4ccc(S(=O)(=O)N(CC)CC)cc4)nn3)C[C@@H](C)O2)[C@](C)(O)C[C@@H](C)CN(C)[C@H](C)[C@@H](O)[C@]1(C)O. The molecule has 1 aromatic carbocycles. The van der Waals surface area contributed by atoms with Crippen LogP contribution in [0.4, 0.5) is 4.39 Å². The average Bonchev–Trinajstić information content (AvgIpc) is 3.86. The second kappa shape index (κ2) is 27.3. The molecule has 3 saturated heterocycles. The zero-order valence-electron chi connectivity index (χ0n) is 48.7. The molecule has 4 N–H and O–H groups in total. The highest BCUT2D eigenvalue weighted by atomic mass is 32.2. The molecule has 3 aliphatic heterocycles. The third-order valence-corrected chi connectivity index (χ3v) is 19.0. The molecule has 0 unspecified atom stereocenters. The molecular formula is C55H95FN6O14S. The number of rotatable bonds is 19. The van der Waals surface area contributed by atoms with Gasteiger partial charge in [0.2, 0.25) is 10.0 Å². The van der Waals surface area contributed by atoms with E-state index in [0.717, 1.165) is 0 Å². The number of methoxy groups -OCH3 is 2. The monoisotopic (exact) mass is 1110 g/mol. The van der Waals surface area contributed by atoms with E-state index in [4.69, 9.17) is 33.2 Å². The maximum atomic E-state index is 14.9. The van der Waals surface area contributed by atoms with Gasteiger partial charge in [0, 0.05) is 83.9 Å². The minimum absolute atomic E-state index is 0.0539. The lowest BCUT2D eigenvalue weighted by molar-refractivity contribution is -0.308. The number of halogens is 1. The van der Waals surface area contributed by atoms with Crippen molar-refractivity contribution >= 4 is 16.0 Å². The van der Waals surface area contributed by atoms with Gasteiger partial charge in [-0.05, 0) is 105 Å². The Balaban J connectivity index is 1.40. The number of esters is 1. The number of aliphatic hydroxyl groups is 4. The molecule has 4 heterocycles. The van der Waals surface area contributed by atoms with Crippen molar-refractivity contribution in [3.63, 3.8) is 0 Å². The summed E-state index contributed by atoms with van der Waals surface area (Å²) in [4.78, 5) is 18.8. The van der Waals surface area contributed by atoms with Crippen molar-refractivity contribution in [2.75, 3.05) is 61.2 Å². The minimum atomic E-state index is -3.69. The van der Waals surface area contributed by atoms with Gasteiger partial charge in [0.1, 0.15) is 42.7 Å². The van der Waals surface area contributed by atoms with Crippen LogP contribution in [-0.4, -0.2) is 209 Å². The van der Waals surface area contributed by atoms with E-state index in [0.29, 0.717) is 56.7 Å². The molecule has 19 atom stereocenters. The molecule has 1 aromatic heterocycles. The number of nitrogens with zero attached hydrogens (tertiary/aromatic N) is 6. The van der Waals surface area contributed by atoms with Crippen LogP contribution in [0.1, 0.15) is 139 Å². The Kier molecular flexibility index (Phi) is 23.1. The molecule has 77 heavy (non-hydrogen) atoms. The highest BCUT2D eigenvalue weighted by molar-refractivity contribution is 7.89. The Labute approximate surface area is 458 Å². The number of alkyl halides is 1. The minimum Gasteiger partial charge on any atom is -0.459 e. The van der Waals surface area contributed by atoms with Crippen LogP contribution in [0.2, 0.25) is 0 Å². The fraction of sp³-hybridized carbons (Fsp3) is 0.836. The van der Waals surface area contributed by atoms with Gasteiger partial charge in [0.25, 0.3) is 0 Å². The standard InChI is InChI=1S/C55H95FN6O14S/c1-17-44-55(12,67)49(63)37(8)60(14)31-33(4)28-53(10,66)51(35(6)47(36(7)52(65)74-44)75-46-29-54(11,71-16)50(64)38(9)73-46)76-45-27-41(26-34(5)72-45)59(13)25-24-40-32-62(58-57-40)43(30-56)48(70-15)39-20-22-42(23-21-39)77(68,69)61(18-2)19-3/h20-23,32-38,41,43-51,63-64,66-67H,17-19,24-31H2,1-16H3/t33-,34-,35+,36-,37-,38+,41+,43-,44-,45+,46+,47+,48-,49-,50+,51-,53-,54-,55-/m1/s1. The number of carbonyl (C=O) groups is 1. The number of hydrogen-bond acceptors (Lipinski definition) is 18. The lowest BCUT2D eigenvalue weighted by Crippen LogP contribution is -2.59. The molecule has 0 bridgehead atoms. The number of carbonyl (C=O) groups excluding carboxylic acids is 1. The predicted octanol–water partition coefficient (Wildman–Crippen LogP) is 5.06. The predicted molar refractivity (Wildman–Crippen MR) is 287 cm³/mol. The van der Waals surface area contributed by atoms with Crippen LogP contribution in [0.3, 0.4) is 0 Å². The van der Waals surface area contributed by atoms with Gasteiger partial charge in [0.15, 0.2) is 12.6 Å². The Morgan fingerprint density at radius 2 is 1.57 bits per heavy atom. The third-order valence-electron chi connectivity index (χ3n) is 17.0. The van der Waals surface area contributed by atoms with Gasteiger partial charge in [-0.1, -0.05) is 52.0 Å². The topological polar surface area (TPSA) is 237 Å². The van der Waals surface area contributed by atoms with Gasteiger partial charge >= 0.3 is 5.97 Å². The molecule has 0 radical (unpaired) electrons. The molecule has 22 heteroatoms. The van der Waals surface area contributed by atoms with Crippen molar-refractivity contribution in [1.29, 1.82) is 0 Å². The number of cyclic esters (lactones) is 1. The Bertz CT molecular complexity index is 2260. The van der Waals surface area contributed by atoms with Crippen LogP contribution in [0.5, 0.6) is 0 Å². The Hall–Kier alpha value is -2.81. The molecule has 3 fully saturated rings. The van der Waals surface area contributed by atoms with Crippen LogP contribution >= 0.6 is 0 Å². The summed E-state index contributed by atoms with van der Waals surface area (Å²) in [5.74, 6) is -2.64. The number of ether oxygens (including phenoxy) is 7. The Morgan fingerprint density at radius 1 is 0.922 bits per heavy atom. The van der Waals surface area contributed by atoms with Gasteiger partial charge in [-0.25, -0.2) is 17.5 Å². The molecule has 5 rings (SSSR count). The molecule has 2 aromatic rings. The lowest BCUT2D eigenvalue weighted by Gasteiger charge is -2.48. The van der Waals surface area contributed by atoms with Gasteiger partial charge in [-0.15, -0.1) is 5.10 Å². The number of likely N-dealkylation sites (N-methyl/N-ethyl adjacent to an activating group) is 2. The zero-order chi connectivity index (χ0) is 57.5. The van der Waals surface area contributed by atoms with Crippen molar-refractivity contribution in [2.24, 2.45) is 17.8 Å². The molecule has 0 saturated carbocycles. The fourth-order valence-electron chi connectivity index (χ4n) is 12.0. The molecule has 20 nitrogen and oxygen atoms in total. The van der Waals surface area contributed by atoms with Gasteiger partial charge in [0.05, 0.1) is 52.1 Å². The lowest BCUT2D eigenvalue weighted by atomic mass is 9.77. The van der Waals surface area contributed by atoms with E-state index in [1.165, 1.54) is 42.3 Å². The van der Waals surface area contributed by atoms with Crippen molar-refractivity contribution in [3.05, 3.63) is 41.7 Å². The third kappa shape index (κ3) is 15.2. The maximum Gasteiger partial charge on any atom is 0.311 e. The summed E-state index contributed by atoms with van der Waals surface area (Å²) in [5.41, 5.74) is -3.23. The summed E-state index contributed by atoms with van der Waals surface area (Å²) >= 11 is 0. The van der Waals surface area contributed by atoms with Crippen molar-refractivity contribution in [3.8, 4) is 0 Å². The summed E-state index contributed by atoms with van der Waals surface area (Å²) in [7, 11) is 3.15. The molecule has 0 aliphatic carbocycles. The van der Waals surface area contributed by atoms with Crippen molar-refractivity contribution in [1.82, 2.24) is 29.1 Å². The smallest absolute Gasteiger partial charge is 0.311 e. The summed E-state index contributed by atoms with van der Waals surface area (Å²) in [6, 6.07) is 4.80. The number of sulfonamides is 1. The summed E-state index contributed by atoms with van der Waals surface area (Å²) in [6.07, 6.45) is -5.15. The first-order valence-electron chi connectivity index (χ1n) is 27.7. The first-order valence-corrected chi connectivity index (χ1v) is 29.2. The summed E-state index contributed by atoms with van der Waals surface area (Å²) in [6.45, 7) is 22.2. The first kappa shape index (κ1) is 65.0.